The third-order valence-electron chi connectivity index (χ3n) is 3.71. The predicted molar refractivity (Wildman–Crippen MR) is 93.9 cm³/mol. The Hall–Kier alpha value is -2.81. The molecule has 0 saturated heterocycles. The number of nitrogens with one attached hydrogen (secondary N) is 1. The first-order valence-corrected chi connectivity index (χ1v) is 7.75. The minimum Gasteiger partial charge on any atom is -0.484 e. The Bertz CT molecular complexity index is 826. The summed E-state index contributed by atoms with van der Waals surface area (Å²) >= 11 is 0. The van der Waals surface area contributed by atoms with Gasteiger partial charge >= 0.3 is 0 Å². The van der Waals surface area contributed by atoms with E-state index in [4.69, 9.17) is 4.74 Å². The normalized spacial score (nSPS) is 10.5. The number of amides is 1. The van der Waals surface area contributed by atoms with Gasteiger partial charge in [-0.15, -0.1) is 0 Å². The van der Waals surface area contributed by atoms with E-state index >= 15 is 0 Å². The zero-order valence-corrected chi connectivity index (χ0v) is 13.1. The zero-order chi connectivity index (χ0) is 16.1. The van der Waals surface area contributed by atoms with Crippen LogP contribution >= 0.6 is 0 Å². The van der Waals surface area contributed by atoms with Crippen LogP contribution in [-0.2, 0) is 11.2 Å². The number of fused-ring (bicyclic) bond motifs is 1. The summed E-state index contributed by atoms with van der Waals surface area (Å²) in [4.78, 5) is 12.0. The molecule has 3 aromatic rings. The van der Waals surface area contributed by atoms with Gasteiger partial charge in [0.05, 0.1) is 0 Å². The van der Waals surface area contributed by atoms with Gasteiger partial charge in [0.1, 0.15) is 5.75 Å². The molecule has 0 spiro atoms. The summed E-state index contributed by atoms with van der Waals surface area (Å²) in [6.07, 6.45) is 0.942. The lowest BCUT2D eigenvalue weighted by Gasteiger charge is -2.09. The van der Waals surface area contributed by atoms with Gasteiger partial charge in [-0.1, -0.05) is 49.4 Å². The van der Waals surface area contributed by atoms with Crippen molar-refractivity contribution in [2.75, 3.05) is 11.9 Å². The smallest absolute Gasteiger partial charge is 0.262 e. The number of carbonyl (C=O) groups excluding carboxylic acids is 1. The van der Waals surface area contributed by atoms with Crippen LogP contribution in [-0.4, -0.2) is 12.5 Å². The summed E-state index contributed by atoms with van der Waals surface area (Å²) in [5, 5.41) is 5.11. The maximum Gasteiger partial charge on any atom is 0.262 e. The number of hydrogen-bond donors (Lipinski definition) is 1. The molecular formula is C20H19NO2. The van der Waals surface area contributed by atoms with Gasteiger partial charge in [-0.3, -0.25) is 4.79 Å². The molecule has 0 bridgehead atoms. The summed E-state index contributed by atoms with van der Waals surface area (Å²) in [5.41, 5.74) is 2.00. The van der Waals surface area contributed by atoms with Gasteiger partial charge in [-0.2, -0.15) is 0 Å². The standard InChI is InChI=1S/C20H19NO2/c1-2-15-6-5-9-18(12-15)21-20(22)14-23-19-11-10-16-7-3-4-8-17(16)13-19/h3-13H,2,14H2,1H3,(H,21,22). The summed E-state index contributed by atoms with van der Waals surface area (Å²) in [6.45, 7) is 2.08. The van der Waals surface area contributed by atoms with Crippen molar-refractivity contribution in [1.29, 1.82) is 0 Å². The Morgan fingerprint density at radius 3 is 2.61 bits per heavy atom. The molecule has 0 atom stereocenters. The predicted octanol–water partition coefficient (Wildman–Crippen LogP) is 4.42. The molecule has 0 fully saturated rings. The van der Waals surface area contributed by atoms with E-state index in [2.05, 4.69) is 12.2 Å². The highest BCUT2D eigenvalue weighted by Crippen LogP contribution is 2.20. The van der Waals surface area contributed by atoms with E-state index in [-0.39, 0.29) is 12.5 Å². The van der Waals surface area contributed by atoms with E-state index in [0.29, 0.717) is 5.75 Å². The van der Waals surface area contributed by atoms with Crippen molar-refractivity contribution in [1.82, 2.24) is 0 Å². The molecule has 3 rings (SSSR count). The second-order valence-corrected chi connectivity index (χ2v) is 5.40. The fourth-order valence-electron chi connectivity index (χ4n) is 2.47. The van der Waals surface area contributed by atoms with Gasteiger partial charge in [0.15, 0.2) is 6.61 Å². The lowest BCUT2D eigenvalue weighted by atomic mass is 10.1. The molecule has 0 aliphatic carbocycles. The van der Waals surface area contributed by atoms with E-state index in [1.54, 1.807) is 0 Å². The highest BCUT2D eigenvalue weighted by molar-refractivity contribution is 5.92. The first kappa shape index (κ1) is 15.1. The number of benzene rings is 3. The highest BCUT2D eigenvalue weighted by Gasteiger charge is 2.05. The first-order chi connectivity index (χ1) is 11.2. The summed E-state index contributed by atoms with van der Waals surface area (Å²) in [7, 11) is 0. The topological polar surface area (TPSA) is 38.3 Å². The van der Waals surface area contributed by atoms with E-state index in [9.17, 15) is 4.79 Å². The number of rotatable bonds is 5. The van der Waals surface area contributed by atoms with Crippen molar-refractivity contribution in [3.63, 3.8) is 0 Å². The van der Waals surface area contributed by atoms with Crippen molar-refractivity contribution >= 4 is 22.4 Å². The summed E-state index contributed by atoms with van der Waals surface area (Å²) in [5.74, 6) is 0.535. The monoisotopic (exact) mass is 305 g/mol. The van der Waals surface area contributed by atoms with Crippen LogP contribution in [0.25, 0.3) is 10.8 Å². The Balaban J connectivity index is 1.61. The Labute approximate surface area is 135 Å². The molecule has 0 unspecified atom stereocenters. The minimum absolute atomic E-state index is 0.00527. The molecule has 0 radical (unpaired) electrons. The van der Waals surface area contributed by atoms with Gasteiger partial charge in [-0.05, 0) is 47.0 Å². The SMILES string of the molecule is CCc1cccc(NC(=O)COc2ccc3ccccc3c2)c1. The molecular weight excluding hydrogens is 286 g/mol. The molecule has 1 N–H and O–H groups in total. The molecule has 0 aliphatic heterocycles. The quantitative estimate of drug-likeness (QED) is 0.758. The van der Waals surface area contributed by atoms with Crippen molar-refractivity contribution in [2.24, 2.45) is 0 Å². The lowest BCUT2D eigenvalue weighted by Crippen LogP contribution is -2.20. The second-order valence-electron chi connectivity index (χ2n) is 5.40. The van der Waals surface area contributed by atoms with E-state index in [0.717, 1.165) is 22.9 Å². The van der Waals surface area contributed by atoms with Gasteiger partial charge < -0.3 is 10.1 Å². The van der Waals surface area contributed by atoms with Crippen molar-refractivity contribution < 1.29 is 9.53 Å². The molecule has 3 heteroatoms. The van der Waals surface area contributed by atoms with Crippen LogP contribution in [0.3, 0.4) is 0 Å². The van der Waals surface area contributed by atoms with Gasteiger partial charge in [0.25, 0.3) is 5.91 Å². The fraction of sp³-hybridized carbons (Fsp3) is 0.150. The highest BCUT2D eigenvalue weighted by atomic mass is 16.5. The Morgan fingerprint density at radius 2 is 1.78 bits per heavy atom. The summed E-state index contributed by atoms with van der Waals surface area (Å²) < 4.78 is 5.59. The van der Waals surface area contributed by atoms with Crippen LogP contribution in [0.2, 0.25) is 0 Å². The largest absolute Gasteiger partial charge is 0.484 e. The maximum absolute atomic E-state index is 12.0. The van der Waals surface area contributed by atoms with E-state index in [1.165, 1.54) is 5.56 Å². The van der Waals surface area contributed by atoms with Crippen LogP contribution in [0.4, 0.5) is 5.69 Å². The third-order valence-corrected chi connectivity index (χ3v) is 3.71. The third kappa shape index (κ3) is 3.89. The number of aryl methyl sites for hydroxylation is 1. The van der Waals surface area contributed by atoms with Crippen LogP contribution in [0, 0.1) is 0 Å². The van der Waals surface area contributed by atoms with Crippen molar-refractivity contribution in [3.8, 4) is 5.75 Å². The molecule has 0 aromatic heterocycles. The molecule has 0 heterocycles. The zero-order valence-electron chi connectivity index (χ0n) is 13.1. The molecule has 1 amide bonds. The molecule has 0 aliphatic rings. The molecule has 3 aromatic carbocycles. The molecule has 0 saturated carbocycles. The second kappa shape index (κ2) is 6.97. The van der Waals surface area contributed by atoms with Crippen molar-refractivity contribution in [2.45, 2.75) is 13.3 Å². The fourth-order valence-corrected chi connectivity index (χ4v) is 2.47. The Morgan fingerprint density at radius 1 is 0.957 bits per heavy atom. The molecule has 116 valence electrons. The van der Waals surface area contributed by atoms with E-state index < -0.39 is 0 Å². The lowest BCUT2D eigenvalue weighted by molar-refractivity contribution is -0.118. The number of anilines is 1. The van der Waals surface area contributed by atoms with Crippen LogP contribution < -0.4 is 10.1 Å². The van der Waals surface area contributed by atoms with E-state index in [1.807, 2.05) is 66.7 Å². The Kier molecular flexibility index (Phi) is 4.57. The molecule has 3 nitrogen and oxygen atoms in total. The molecule has 23 heavy (non-hydrogen) atoms. The number of hydrogen-bond acceptors (Lipinski definition) is 2. The van der Waals surface area contributed by atoms with Gasteiger partial charge in [-0.25, -0.2) is 0 Å². The van der Waals surface area contributed by atoms with Gasteiger partial charge in [0, 0.05) is 5.69 Å². The number of carbonyl (C=O) groups is 1. The number of ether oxygens (including phenoxy) is 1. The van der Waals surface area contributed by atoms with Crippen LogP contribution in [0.15, 0.2) is 66.7 Å². The van der Waals surface area contributed by atoms with Crippen LogP contribution in [0.5, 0.6) is 5.75 Å². The van der Waals surface area contributed by atoms with Crippen LogP contribution in [0.1, 0.15) is 12.5 Å². The maximum atomic E-state index is 12.0. The van der Waals surface area contributed by atoms with Gasteiger partial charge in [0.2, 0.25) is 0 Å². The summed E-state index contributed by atoms with van der Waals surface area (Å²) in [6, 6.07) is 21.7. The average Bonchev–Trinajstić information content (AvgIpc) is 2.60. The van der Waals surface area contributed by atoms with Crippen molar-refractivity contribution in [3.05, 3.63) is 72.3 Å². The average molecular weight is 305 g/mol. The minimum atomic E-state index is -0.161. The first-order valence-electron chi connectivity index (χ1n) is 7.75.